The molecular formula is C19H16BrCl2N3O3. The van der Waals surface area contributed by atoms with Gasteiger partial charge in [-0.1, -0.05) is 57.3 Å². The fourth-order valence-corrected chi connectivity index (χ4v) is 3.79. The average molecular weight is 485 g/mol. The normalized spacial score (nSPS) is 19.0. The zero-order chi connectivity index (χ0) is 20.6. The smallest absolute Gasteiger partial charge is 0.322 e. The third-order valence-corrected chi connectivity index (χ3v) is 5.82. The monoisotopic (exact) mass is 483 g/mol. The van der Waals surface area contributed by atoms with Crippen LogP contribution in [0.1, 0.15) is 18.1 Å². The second-order valence-electron chi connectivity index (χ2n) is 6.56. The summed E-state index contributed by atoms with van der Waals surface area (Å²) < 4.78 is 0.771. The highest BCUT2D eigenvalue weighted by Gasteiger charge is 2.49. The predicted octanol–water partition coefficient (Wildman–Crippen LogP) is 4.47. The number of urea groups is 1. The van der Waals surface area contributed by atoms with Crippen LogP contribution in [0.5, 0.6) is 0 Å². The van der Waals surface area contributed by atoms with E-state index in [1.54, 1.807) is 44.2 Å². The number of imide groups is 1. The molecule has 1 atom stereocenters. The van der Waals surface area contributed by atoms with Crippen molar-refractivity contribution < 1.29 is 14.4 Å². The number of nitrogens with zero attached hydrogens (tertiary/aromatic N) is 1. The van der Waals surface area contributed by atoms with Crippen molar-refractivity contribution in [3.8, 4) is 0 Å². The summed E-state index contributed by atoms with van der Waals surface area (Å²) in [6.45, 7) is 2.91. The Morgan fingerprint density at radius 3 is 2.64 bits per heavy atom. The topological polar surface area (TPSA) is 78.5 Å². The van der Waals surface area contributed by atoms with Crippen LogP contribution < -0.4 is 10.6 Å². The van der Waals surface area contributed by atoms with Crippen LogP contribution >= 0.6 is 39.1 Å². The lowest BCUT2D eigenvalue weighted by Crippen LogP contribution is -2.42. The first-order valence-electron chi connectivity index (χ1n) is 8.28. The minimum Gasteiger partial charge on any atom is -0.322 e. The molecule has 1 aliphatic heterocycles. The first-order chi connectivity index (χ1) is 13.1. The molecule has 0 spiro atoms. The molecule has 146 valence electrons. The Morgan fingerprint density at radius 1 is 1.25 bits per heavy atom. The zero-order valence-corrected chi connectivity index (χ0v) is 18.1. The van der Waals surface area contributed by atoms with Crippen molar-refractivity contribution in [3.05, 3.63) is 62.0 Å². The number of amides is 4. The number of carbonyl (C=O) groups excluding carboxylic acids is 3. The first kappa shape index (κ1) is 20.6. The van der Waals surface area contributed by atoms with Crippen LogP contribution in [0, 0.1) is 6.92 Å². The minimum absolute atomic E-state index is 0.245. The van der Waals surface area contributed by atoms with Gasteiger partial charge in [0.25, 0.3) is 5.91 Å². The third-order valence-electron chi connectivity index (χ3n) is 4.53. The first-order valence-corrected chi connectivity index (χ1v) is 9.83. The highest BCUT2D eigenvalue weighted by Crippen LogP contribution is 2.33. The molecule has 2 N–H and O–H groups in total. The number of nitrogens with one attached hydrogen (secondary N) is 2. The van der Waals surface area contributed by atoms with Crippen molar-refractivity contribution in [2.75, 3.05) is 11.9 Å². The Balaban J connectivity index is 1.80. The van der Waals surface area contributed by atoms with Crippen molar-refractivity contribution in [2.45, 2.75) is 19.4 Å². The molecule has 0 aromatic heterocycles. The Morgan fingerprint density at radius 2 is 1.96 bits per heavy atom. The summed E-state index contributed by atoms with van der Waals surface area (Å²) in [5.74, 6) is -1.11. The van der Waals surface area contributed by atoms with Gasteiger partial charge in [0.2, 0.25) is 5.91 Å². The number of rotatable bonds is 4. The van der Waals surface area contributed by atoms with Gasteiger partial charge in [-0.3, -0.25) is 14.5 Å². The van der Waals surface area contributed by atoms with Crippen LogP contribution in [-0.4, -0.2) is 29.3 Å². The fourth-order valence-electron chi connectivity index (χ4n) is 2.93. The van der Waals surface area contributed by atoms with Gasteiger partial charge in [-0.15, -0.1) is 0 Å². The lowest BCUT2D eigenvalue weighted by Gasteiger charge is -2.22. The van der Waals surface area contributed by atoms with E-state index in [0.29, 0.717) is 10.6 Å². The maximum Gasteiger partial charge on any atom is 0.325 e. The molecule has 6 nitrogen and oxygen atoms in total. The summed E-state index contributed by atoms with van der Waals surface area (Å²) >= 11 is 15.6. The second kappa shape index (κ2) is 7.73. The number of hydrogen-bond donors (Lipinski definition) is 2. The van der Waals surface area contributed by atoms with E-state index in [9.17, 15) is 14.4 Å². The molecular weight excluding hydrogens is 469 g/mol. The number of carbonyl (C=O) groups is 3. The van der Waals surface area contributed by atoms with E-state index in [1.165, 1.54) is 0 Å². The van der Waals surface area contributed by atoms with Crippen molar-refractivity contribution in [1.29, 1.82) is 0 Å². The van der Waals surface area contributed by atoms with Gasteiger partial charge in [-0.25, -0.2) is 4.79 Å². The van der Waals surface area contributed by atoms with Crippen molar-refractivity contribution >= 4 is 62.7 Å². The zero-order valence-electron chi connectivity index (χ0n) is 15.0. The summed E-state index contributed by atoms with van der Waals surface area (Å²) in [5.41, 5.74) is 0.321. The third kappa shape index (κ3) is 3.74. The molecule has 0 radical (unpaired) electrons. The van der Waals surface area contributed by atoms with Gasteiger partial charge in [0.05, 0.1) is 15.7 Å². The van der Waals surface area contributed by atoms with E-state index >= 15 is 0 Å². The van der Waals surface area contributed by atoms with Crippen LogP contribution in [0.4, 0.5) is 10.5 Å². The summed E-state index contributed by atoms with van der Waals surface area (Å²) in [7, 11) is 0. The van der Waals surface area contributed by atoms with E-state index in [2.05, 4.69) is 26.6 Å². The molecule has 2 aromatic carbocycles. The van der Waals surface area contributed by atoms with Crippen molar-refractivity contribution in [1.82, 2.24) is 10.2 Å². The van der Waals surface area contributed by atoms with Gasteiger partial charge in [-0.05, 0) is 43.2 Å². The van der Waals surface area contributed by atoms with Gasteiger partial charge in [0, 0.05) is 4.47 Å². The number of anilines is 1. The van der Waals surface area contributed by atoms with E-state index in [4.69, 9.17) is 23.2 Å². The molecule has 4 amide bonds. The predicted molar refractivity (Wildman–Crippen MR) is 112 cm³/mol. The van der Waals surface area contributed by atoms with Crippen LogP contribution in [0.3, 0.4) is 0 Å². The van der Waals surface area contributed by atoms with Crippen LogP contribution in [0.2, 0.25) is 10.0 Å². The molecule has 0 aliphatic carbocycles. The number of aryl methyl sites for hydroxylation is 1. The van der Waals surface area contributed by atoms with Crippen LogP contribution in [0.15, 0.2) is 40.9 Å². The van der Waals surface area contributed by atoms with E-state index < -0.39 is 29.9 Å². The number of hydrogen-bond acceptors (Lipinski definition) is 3. The van der Waals surface area contributed by atoms with E-state index in [1.807, 2.05) is 6.07 Å². The maximum atomic E-state index is 12.9. The summed E-state index contributed by atoms with van der Waals surface area (Å²) in [6, 6.07) is 9.74. The summed E-state index contributed by atoms with van der Waals surface area (Å²) in [5, 5.41) is 5.81. The van der Waals surface area contributed by atoms with E-state index in [0.717, 1.165) is 14.9 Å². The average Bonchev–Trinajstić information content (AvgIpc) is 2.86. The highest BCUT2D eigenvalue weighted by atomic mass is 79.9. The number of benzene rings is 2. The molecule has 28 heavy (non-hydrogen) atoms. The quantitative estimate of drug-likeness (QED) is 0.628. The van der Waals surface area contributed by atoms with Gasteiger partial charge in [0.15, 0.2) is 0 Å². The minimum atomic E-state index is -1.26. The fraction of sp³-hybridized carbons (Fsp3) is 0.211. The standard InChI is InChI=1S/C19H16BrCl2N3O3/c1-10-6-7-13(21)16(15(10)22)23-14(26)9-25-17(27)19(2,24-18(25)28)11-4-3-5-12(20)8-11/h3-8H,9H2,1-2H3,(H,23,26)(H,24,28). The Bertz CT molecular complexity index is 998. The lowest BCUT2D eigenvalue weighted by molar-refractivity contribution is -0.133. The molecule has 2 aromatic rings. The molecule has 1 saturated heterocycles. The molecule has 9 heteroatoms. The molecule has 0 saturated carbocycles. The van der Waals surface area contributed by atoms with Gasteiger partial charge >= 0.3 is 6.03 Å². The van der Waals surface area contributed by atoms with Crippen molar-refractivity contribution in [2.24, 2.45) is 0 Å². The number of halogens is 3. The Labute approximate surface area is 180 Å². The van der Waals surface area contributed by atoms with E-state index in [-0.39, 0.29) is 10.7 Å². The largest absolute Gasteiger partial charge is 0.325 e. The van der Waals surface area contributed by atoms with Gasteiger partial charge in [-0.2, -0.15) is 0 Å². The Kier molecular flexibility index (Phi) is 5.70. The molecule has 1 fully saturated rings. The van der Waals surface area contributed by atoms with Gasteiger partial charge < -0.3 is 10.6 Å². The molecule has 1 aliphatic rings. The molecule has 0 bridgehead atoms. The van der Waals surface area contributed by atoms with Crippen LogP contribution in [-0.2, 0) is 15.1 Å². The summed E-state index contributed by atoms with van der Waals surface area (Å²) in [6.07, 6.45) is 0. The Hall–Kier alpha value is -2.09. The van der Waals surface area contributed by atoms with Crippen LogP contribution in [0.25, 0.3) is 0 Å². The molecule has 1 unspecified atom stereocenters. The molecule has 3 rings (SSSR count). The molecule has 1 heterocycles. The highest BCUT2D eigenvalue weighted by molar-refractivity contribution is 9.10. The van der Waals surface area contributed by atoms with Gasteiger partial charge in [0.1, 0.15) is 12.1 Å². The van der Waals surface area contributed by atoms with Crippen molar-refractivity contribution in [3.63, 3.8) is 0 Å². The lowest BCUT2D eigenvalue weighted by atomic mass is 9.92. The second-order valence-corrected chi connectivity index (χ2v) is 8.26. The SMILES string of the molecule is Cc1ccc(Cl)c(NC(=O)CN2C(=O)NC(C)(c3cccc(Br)c3)C2=O)c1Cl. The summed E-state index contributed by atoms with van der Waals surface area (Å²) in [4.78, 5) is 38.6. The maximum absolute atomic E-state index is 12.9.